The van der Waals surface area contributed by atoms with Crippen LogP contribution in [0, 0.1) is 11.3 Å². The van der Waals surface area contributed by atoms with E-state index in [0.717, 1.165) is 17.1 Å². The largest absolute Gasteiger partial charge is 0.396 e. The van der Waals surface area contributed by atoms with Crippen LogP contribution in [0.25, 0.3) is 11.3 Å². The van der Waals surface area contributed by atoms with E-state index in [1.165, 1.54) is 5.56 Å². The van der Waals surface area contributed by atoms with Crippen LogP contribution >= 0.6 is 0 Å². The van der Waals surface area contributed by atoms with E-state index in [1.54, 1.807) is 0 Å². The molecule has 2 fully saturated rings. The zero-order chi connectivity index (χ0) is 19.1. The number of rotatable bonds is 4. The Morgan fingerprint density at radius 1 is 0.929 bits per heavy atom. The summed E-state index contributed by atoms with van der Waals surface area (Å²) in [6, 6.07) is 24.1. The van der Waals surface area contributed by atoms with Gasteiger partial charge < -0.3 is 15.1 Å². The monoisotopic (exact) mass is 373 g/mol. The first-order valence-corrected chi connectivity index (χ1v) is 9.72. The smallest absolute Gasteiger partial charge is 0.151 e. The molecule has 28 heavy (non-hydrogen) atoms. The van der Waals surface area contributed by atoms with Gasteiger partial charge in [0, 0.05) is 30.7 Å². The molecule has 5 heteroatoms. The van der Waals surface area contributed by atoms with Crippen LogP contribution in [0.5, 0.6) is 0 Å². The summed E-state index contributed by atoms with van der Waals surface area (Å²) in [5.74, 6) is 1.02. The molecule has 2 aliphatic rings. The summed E-state index contributed by atoms with van der Waals surface area (Å²) >= 11 is 0. The number of nitrogens with zero attached hydrogens (tertiary/aromatic N) is 3. The zero-order valence-electron chi connectivity index (χ0n) is 15.5. The second kappa shape index (κ2) is 6.69. The topological polar surface area (TPSA) is 69.5 Å². The molecule has 4 atom stereocenters. The van der Waals surface area contributed by atoms with E-state index < -0.39 is 6.10 Å². The van der Waals surface area contributed by atoms with Crippen LogP contribution in [0.4, 0.5) is 5.82 Å². The first-order valence-electron chi connectivity index (χ1n) is 9.72. The minimum atomic E-state index is -0.495. The summed E-state index contributed by atoms with van der Waals surface area (Å²) in [4.78, 5) is 2.10. The third-order valence-corrected chi connectivity index (χ3v) is 6.44. The SMILES string of the molecule is OC[C@@H]1[C@@H](c2ccccc2)[C@]12CN(c1ccc(-c3ccccc3)nn1)C[C@@H]2O. The lowest BCUT2D eigenvalue weighted by Crippen LogP contribution is -2.23. The first kappa shape index (κ1) is 17.3. The Balaban J connectivity index is 1.39. The number of benzene rings is 2. The third kappa shape index (κ3) is 2.62. The van der Waals surface area contributed by atoms with Crippen LogP contribution in [-0.2, 0) is 0 Å². The van der Waals surface area contributed by atoms with Crippen molar-refractivity contribution in [1.82, 2.24) is 10.2 Å². The quantitative estimate of drug-likeness (QED) is 0.736. The molecule has 2 aromatic carbocycles. The fourth-order valence-electron chi connectivity index (χ4n) is 5.00. The van der Waals surface area contributed by atoms with Crippen LogP contribution in [0.15, 0.2) is 72.8 Å². The molecule has 142 valence electrons. The molecule has 0 bridgehead atoms. The van der Waals surface area contributed by atoms with E-state index in [-0.39, 0.29) is 23.9 Å². The summed E-state index contributed by atoms with van der Waals surface area (Å²) in [6.07, 6.45) is -0.495. The molecule has 1 saturated heterocycles. The normalized spacial score (nSPS) is 28.6. The van der Waals surface area contributed by atoms with Crippen molar-refractivity contribution in [3.05, 3.63) is 78.4 Å². The molecular weight excluding hydrogens is 350 g/mol. The summed E-state index contributed by atoms with van der Waals surface area (Å²) in [5, 5.41) is 29.7. The van der Waals surface area contributed by atoms with Gasteiger partial charge in [0.25, 0.3) is 0 Å². The minimum absolute atomic E-state index is 0.0754. The number of aliphatic hydroxyl groups is 2. The van der Waals surface area contributed by atoms with Crippen molar-refractivity contribution in [2.24, 2.45) is 11.3 Å². The molecule has 1 saturated carbocycles. The van der Waals surface area contributed by atoms with E-state index in [4.69, 9.17) is 0 Å². The predicted octanol–water partition coefficient (Wildman–Crippen LogP) is 2.72. The first-order chi connectivity index (χ1) is 13.7. The highest BCUT2D eigenvalue weighted by Gasteiger charge is 2.71. The van der Waals surface area contributed by atoms with Crippen LogP contribution in [0.2, 0.25) is 0 Å². The molecule has 3 aromatic rings. The van der Waals surface area contributed by atoms with Gasteiger partial charge in [-0.05, 0) is 29.5 Å². The standard InChI is InChI=1S/C23H23N3O2/c27-14-18-22(17-9-5-2-6-10-17)23(18)15-26(13-20(23)28)21-12-11-19(24-25-21)16-7-3-1-4-8-16/h1-12,18,20,22,27-28H,13-15H2/t18-,20+,22-,23-/m1/s1. The van der Waals surface area contributed by atoms with Gasteiger partial charge in [-0.2, -0.15) is 0 Å². The molecule has 0 amide bonds. The lowest BCUT2D eigenvalue weighted by molar-refractivity contribution is 0.113. The molecular formula is C23H23N3O2. The van der Waals surface area contributed by atoms with Crippen molar-refractivity contribution in [2.45, 2.75) is 12.0 Å². The van der Waals surface area contributed by atoms with Crippen LogP contribution in [-0.4, -0.2) is 46.2 Å². The van der Waals surface area contributed by atoms with Gasteiger partial charge in [0.05, 0.1) is 11.8 Å². The van der Waals surface area contributed by atoms with Crippen molar-refractivity contribution in [3.63, 3.8) is 0 Å². The van der Waals surface area contributed by atoms with Crippen molar-refractivity contribution in [2.75, 3.05) is 24.6 Å². The van der Waals surface area contributed by atoms with E-state index in [2.05, 4.69) is 27.2 Å². The number of hydrogen-bond acceptors (Lipinski definition) is 5. The zero-order valence-corrected chi connectivity index (χ0v) is 15.5. The number of hydrogen-bond donors (Lipinski definition) is 2. The van der Waals surface area contributed by atoms with E-state index in [9.17, 15) is 10.2 Å². The lowest BCUT2D eigenvalue weighted by Gasteiger charge is -2.17. The summed E-state index contributed by atoms with van der Waals surface area (Å²) in [6.45, 7) is 1.28. The maximum absolute atomic E-state index is 10.9. The Morgan fingerprint density at radius 2 is 1.64 bits per heavy atom. The van der Waals surface area contributed by atoms with Gasteiger partial charge in [0.15, 0.2) is 5.82 Å². The van der Waals surface area contributed by atoms with Crippen molar-refractivity contribution >= 4 is 5.82 Å². The van der Waals surface area contributed by atoms with Gasteiger partial charge in [-0.3, -0.25) is 0 Å². The van der Waals surface area contributed by atoms with E-state index >= 15 is 0 Å². The summed E-state index contributed by atoms with van der Waals surface area (Å²) in [5.41, 5.74) is 2.75. The van der Waals surface area contributed by atoms with Gasteiger partial charge in [0.2, 0.25) is 0 Å². The highest BCUT2D eigenvalue weighted by molar-refractivity contribution is 5.60. The number of aliphatic hydroxyl groups excluding tert-OH is 2. The molecule has 1 spiro atoms. The van der Waals surface area contributed by atoms with Gasteiger partial charge in [-0.15, -0.1) is 10.2 Å². The van der Waals surface area contributed by atoms with Gasteiger partial charge in [0.1, 0.15) is 0 Å². The second-order valence-electron chi connectivity index (χ2n) is 7.83. The average Bonchev–Trinajstić information content (AvgIpc) is 3.30. The maximum atomic E-state index is 10.9. The van der Waals surface area contributed by atoms with Crippen LogP contribution in [0.3, 0.4) is 0 Å². The highest BCUT2D eigenvalue weighted by Crippen LogP contribution is 2.68. The van der Waals surface area contributed by atoms with E-state index in [1.807, 2.05) is 60.7 Å². The molecule has 5 nitrogen and oxygen atoms in total. The van der Waals surface area contributed by atoms with Gasteiger partial charge in [-0.1, -0.05) is 60.7 Å². The van der Waals surface area contributed by atoms with Crippen molar-refractivity contribution < 1.29 is 10.2 Å². The Hall–Kier alpha value is -2.76. The Morgan fingerprint density at radius 3 is 2.29 bits per heavy atom. The van der Waals surface area contributed by atoms with E-state index in [0.29, 0.717) is 13.1 Å². The average molecular weight is 373 g/mol. The predicted molar refractivity (Wildman–Crippen MR) is 108 cm³/mol. The highest BCUT2D eigenvalue weighted by atomic mass is 16.3. The summed E-state index contributed by atoms with van der Waals surface area (Å²) in [7, 11) is 0. The van der Waals surface area contributed by atoms with Gasteiger partial charge in [-0.25, -0.2) is 0 Å². The Bertz CT molecular complexity index is 949. The second-order valence-corrected chi connectivity index (χ2v) is 7.83. The fourth-order valence-corrected chi connectivity index (χ4v) is 5.00. The maximum Gasteiger partial charge on any atom is 0.151 e. The van der Waals surface area contributed by atoms with Crippen molar-refractivity contribution in [3.8, 4) is 11.3 Å². The molecule has 1 aromatic heterocycles. The molecule has 2 heterocycles. The number of anilines is 1. The Labute approximate surface area is 164 Å². The molecule has 0 unspecified atom stereocenters. The van der Waals surface area contributed by atoms with Crippen LogP contribution < -0.4 is 4.90 Å². The molecule has 1 aliphatic heterocycles. The van der Waals surface area contributed by atoms with Crippen LogP contribution in [0.1, 0.15) is 11.5 Å². The molecule has 0 radical (unpaired) electrons. The molecule has 2 N–H and O–H groups in total. The molecule has 5 rings (SSSR count). The Kier molecular flexibility index (Phi) is 4.14. The summed E-state index contributed by atoms with van der Waals surface area (Å²) < 4.78 is 0. The third-order valence-electron chi connectivity index (χ3n) is 6.44. The van der Waals surface area contributed by atoms with Gasteiger partial charge >= 0.3 is 0 Å². The minimum Gasteiger partial charge on any atom is -0.396 e. The number of β-amino-alcohol motifs (C(OH)–C–C–N with tert-alkyl or cyclic N) is 1. The number of aromatic nitrogens is 2. The van der Waals surface area contributed by atoms with Crippen molar-refractivity contribution in [1.29, 1.82) is 0 Å². The lowest BCUT2D eigenvalue weighted by atomic mass is 9.95. The fraction of sp³-hybridized carbons (Fsp3) is 0.304. The molecule has 1 aliphatic carbocycles.